The van der Waals surface area contributed by atoms with Gasteiger partial charge in [-0.2, -0.15) is 25.3 Å². The van der Waals surface area contributed by atoms with Crippen molar-refractivity contribution in [3.8, 4) is 0 Å². The lowest BCUT2D eigenvalue weighted by atomic mass is 10.2. The standard InChI is InChI=1S/3C6H6O3S.C4H10O3/c3*7-10(8,9)6-4-2-1-3-5-6;1-3(6)4(7)2-5/h3*1-5H,(H,7,8,9);3-7H,2H2,1H3. The van der Waals surface area contributed by atoms with E-state index in [4.69, 9.17) is 29.0 Å². The van der Waals surface area contributed by atoms with E-state index in [1.54, 1.807) is 54.6 Å². The Hall–Kier alpha value is -2.73. The van der Waals surface area contributed by atoms with Crippen molar-refractivity contribution in [2.24, 2.45) is 0 Å². The van der Waals surface area contributed by atoms with E-state index < -0.39 is 42.6 Å². The molecule has 0 aliphatic carbocycles. The molecular formula is C22H28O12S3. The molecule has 0 aliphatic heterocycles. The lowest BCUT2D eigenvalue weighted by Crippen LogP contribution is -2.25. The predicted octanol–water partition coefficient (Wildman–Crippen LogP) is 1.52. The minimum absolute atomic E-state index is 0.0741. The molecule has 2 atom stereocenters. The van der Waals surface area contributed by atoms with Gasteiger partial charge in [-0.25, -0.2) is 0 Å². The molecule has 37 heavy (non-hydrogen) atoms. The van der Waals surface area contributed by atoms with Crippen LogP contribution in [0.1, 0.15) is 6.92 Å². The summed E-state index contributed by atoms with van der Waals surface area (Å²) in [7, 11) is -12.0. The van der Waals surface area contributed by atoms with E-state index in [0.717, 1.165) is 0 Å². The first-order chi connectivity index (χ1) is 17.0. The summed E-state index contributed by atoms with van der Waals surface area (Å²) in [5, 5.41) is 24.9. The molecule has 3 aromatic carbocycles. The third-order valence-electron chi connectivity index (χ3n) is 3.87. The van der Waals surface area contributed by atoms with E-state index in [2.05, 4.69) is 0 Å². The molecule has 0 heterocycles. The van der Waals surface area contributed by atoms with Gasteiger partial charge in [-0.15, -0.1) is 0 Å². The van der Waals surface area contributed by atoms with Crippen LogP contribution in [0, 0.1) is 0 Å². The van der Waals surface area contributed by atoms with Gasteiger partial charge in [0, 0.05) is 0 Å². The van der Waals surface area contributed by atoms with Crippen molar-refractivity contribution in [3.05, 3.63) is 91.0 Å². The third-order valence-corrected chi connectivity index (χ3v) is 6.47. The van der Waals surface area contributed by atoms with Crippen molar-refractivity contribution >= 4 is 30.4 Å². The van der Waals surface area contributed by atoms with Crippen LogP contribution in [-0.2, 0) is 30.4 Å². The minimum Gasteiger partial charge on any atom is -0.394 e. The van der Waals surface area contributed by atoms with Gasteiger partial charge in [-0.05, 0) is 43.3 Å². The van der Waals surface area contributed by atoms with Crippen LogP contribution in [0.5, 0.6) is 0 Å². The molecule has 0 amide bonds. The summed E-state index contributed by atoms with van der Waals surface area (Å²) in [4.78, 5) is -0.222. The van der Waals surface area contributed by atoms with E-state index in [9.17, 15) is 25.3 Å². The Morgan fingerprint density at radius 3 is 0.838 bits per heavy atom. The Balaban J connectivity index is 0.000000472. The van der Waals surface area contributed by atoms with Gasteiger partial charge in [0.05, 0.1) is 27.4 Å². The largest absolute Gasteiger partial charge is 0.394 e. The number of hydrogen-bond donors (Lipinski definition) is 6. The Morgan fingerprint density at radius 2 is 0.757 bits per heavy atom. The van der Waals surface area contributed by atoms with Crippen LogP contribution < -0.4 is 0 Å². The minimum atomic E-state index is -4.00. The first-order valence-electron chi connectivity index (χ1n) is 10.0. The van der Waals surface area contributed by atoms with Crippen molar-refractivity contribution in [2.75, 3.05) is 6.61 Å². The maximum atomic E-state index is 10.4. The predicted molar refractivity (Wildman–Crippen MR) is 134 cm³/mol. The van der Waals surface area contributed by atoms with Crippen molar-refractivity contribution in [2.45, 2.75) is 33.8 Å². The zero-order chi connectivity index (χ0) is 28.7. The molecule has 0 saturated carbocycles. The molecule has 12 nitrogen and oxygen atoms in total. The van der Waals surface area contributed by atoms with Gasteiger partial charge in [0.15, 0.2) is 0 Å². The second kappa shape index (κ2) is 16.2. The van der Waals surface area contributed by atoms with Crippen LogP contribution in [-0.4, -0.2) is 73.0 Å². The van der Waals surface area contributed by atoms with Crippen LogP contribution in [0.2, 0.25) is 0 Å². The molecule has 0 aromatic heterocycles. The average molecular weight is 581 g/mol. The number of aliphatic hydroxyl groups is 3. The second-order valence-electron chi connectivity index (χ2n) is 6.85. The Bertz CT molecular complexity index is 1180. The quantitative estimate of drug-likeness (QED) is 0.236. The van der Waals surface area contributed by atoms with Gasteiger partial charge in [-0.3, -0.25) is 13.7 Å². The zero-order valence-electron chi connectivity index (χ0n) is 19.4. The van der Waals surface area contributed by atoms with Crippen molar-refractivity contribution < 1.29 is 54.2 Å². The van der Waals surface area contributed by atoms with Gasteiger partial charge < -0.3 is 15.3 Å². The molecule has 3 aromatic rings. The first-order valence-corrected chi connectivity index (χ1v) is 14.4. The van der Waals surface area contributed by atoms with Crippen LogP contribution in [0.3, 0.4) is 0 Å². The summed E-state index contributed by atoms with van der Waals surface area (Å²) < 4.78 is 87.7. The average Bonchev–Trinajstić information content (AvgIpc) is 2.85. The molecule has 0 aliphatic rings. The van der Waals surface area contributed by atoms with Gasteiger partial charge in [-0.1, -0.05) is 54.6 Å². The van der Waals surface area contributed by atoms with E-state index in [1.165, 1.54) is 43.3 Å². The lowest BCUT2D eigenvalue weighted by Gasteiger charge is -2.07. The molecule has 206 valence electrons. The molecular weight excluding hydrogens is 552 g/mol. The van der Waals surface area contributed by atoms with Gasteiger partial charge >= 0.3 is 0 Å². The number of benzene rings is 3. The first kappa shape index (κ1) is 34.3. The molecule has 0 bridgehead atoms. The summed E-state index contributed by atoms with van der Waals surface area (Å²) >= 11 is 0. The van der Waals surface area contributed by atoms with Crippen LogP contribution in [0.15, 0.2) is 106 Å². The number of hydrogen-bond acceptors (Lipinski definition) is 9. The molecule has 0 fully saturated rings. The van der Waals surface area contributed by atoms with Crippen molar-refractivity contribution in [1.29, 1.82) is 0 Å². The summed E-state index contributed by atoms with van der Waals surface area (Å²) in [5.41, 5.74) is 0. The second-order valence-corrected chi connectivity index (χ2v) is 11.1. The van der Waals surface area contributed by atoms with Gasteiger partial charge in [0.1, 0.15) is 6.10 Å². The Morgan fingerprint density at radius 1 is 0.541 bits per heavy atom. The molecule has 2 unspecified atom stereocenters. The SMILES string of the molecule is CC(O)C(O)CO.O=S(=O)(O)c1ccccc1.O=S(=O)(O)c1ccccc1.O=S(=O)(O)c1ccccc1. The molecule has 0 radical (unpaired) electrons. The highest BCUT2D eigenvalue weighted by Gasteiger charge is 2.08. The fourth-order valence-electron chi connectivity index (χ4n) is 1.93. The summed E-state index contributed by atoms with van der Waals surface area (Å²) in [6.45, 7) is 1.04. The zero-order valence-corrected chi connectivity index (χ0v) is 21.8. The Labute approximate surface area is 215 Å². The molecule has 0 saturated heterocycles. The van der Waals surface area contributed by atoms with Crippen molar-refractivity contribution in [3.63, 3.8) is 0 Å². The normalized spacial score (nSPS) is 12.7. The fraction of sp³-hybridized carbons (Fsp3) is 0.182. The summed E-state index contributed by atoms with van der Waals surface area (Å²) in [5.74, 6) is 0. The summed E-state index contributed by atoms with van der Waals surface area (Å²) in [6, 6.07) is 22.3. The maximum absolute atomic E-state index is 10.4. The molecule has 6 N–H and O–H groups in total. The summed E-state index contributed by atoms with van der Waals surface area (Å²) in [6.07, 6.45) is -1.81. The molecule has 3 rings (SSSR count). The molecule has 0 spiro atoms. The van der Waals surface area contributed by atoms with Gasteiger partial charge in [0.25, 0.3) is 30.4 Å². The number of rotatable bonds is 5. The Kier molecular flexibility index (Phi) is 15.0. The number of aliphatic hydroxyl groups excluding tert-OH is 3. The fourth-order valence-corrected chi connectivity index (χ4v) is 3.43. The van der Waals surface area contributed by atoms with E-state index in [-0.39, 0.29) is 21.3 Å². The van der Waals surface area contributed by atoms with Gasteiger partial charge in [0.2, 0.25) is 0 Å². The van der Waals surface area contributed by atoms with E-state index >= 15 is 0 Å². The van der Waals surface area contributed by atoms with E-state index in [1.807, 2.05) is 0 Å². The van der Waals surface area contributed by atoms with Crippen LogP contribution >= 0.6 is 0 Å². The highest BCUT2D eigenvalue weighted by molar-refractivity contribution is 7.86. The monoisotopic (exact) mass is 580 g/mol. The van der Waals surface area contributed by atoms with E-state index in [0.29, 0.717) is 0 Å². The highest BCUT2D eigenvalue weighted by atomic mass is 32.2. The topological polar surface area (TPSA) is 224 Å². The van der Waals surface area contributed by atoms with Crippen molar-refractivity contribution in [1.82, 2.24) is 0 Å². The maximum Gasteiger partial charge on any atom is 0.294 e. The molecule has 15 heteroatoms. The smallest absolute Gasteiger partial charge is 0.294 e. The lowest BCUT2D eigenvalue weighted by molar-refractivity contribution is -0.00425. The van der Waals surface area contributed by atoms with Crippen LogP contribution in [0.25, 0.3) is 0 Å². The highest BCUT2D eigenvalue weighted by Crippen LogP contribution is 2.06. The third kappa shape index (κ3) is 15.9. The van der Waals surface area contributed by atoms with Crippen LogP contribution in [0.4, 0.5) is 0 Å².